The SMILES string of the molecule is CCCCCCCCCCCC(=O)O[C@H](CC)CC(=O)OCC(C)C. The highest BCUT2D eigenvalue weighted by Crippen LogP contribution is 2.12. The second-order valence-corrected chi connectivity index (χ2v) is 7.38. The van der Waals surface area contributed by atoms with Crippen LogP contribution in [0.2, 0.25) is 0 Å². The Morgan fingerprint density at radius 1 is 0.800 bits per heavy atom. The van der Waals surface area contributed by atoms with Gasteiger partial charge in [-0.1, -0.05) is 79.1 Å². The largest absolute Gasteiger partial charge is 0.465 e. The van der Waals surface area contributed by atoms with Crippen LogP contribution in [0.5, 0.6) is 0 Å². The van der Waals surface area contributed by atoms with E-state index in [1.54, 1.807) is 0 Å². The lowest BCUT2D eigenvalue weighted by molar-refractivity contribution is -0.155. The molecule has 0 N–H and O–H groups in total. The summed E-state index contributed by atoms with van der Waals surface area (Å²) in [4.78, 5) is 23.6. The van der Waals surface area contributed by atoms with Gasteiger partial charge in [-0.15, -0.1) is 0 Å². The van der Waals surface area contributed by atoms with Gasteiger partial charge in [0.05, 0.1) is 13.0 Å². The zero-order chi connectivity index (χ0) is 18.9. The molecule has 0 radical (unpaired) electrons. The topological polar surface area (TPSA) is 52.6 Å². The van der Waals surface area contributed by atoms with E-state index in [9.17, 15) is 9.59 Å². The van der Waals surface area contributed by atoms with Crippen LogP contribution in [0.4, 0.5) is 0 Å². The van der Waals surface area contributed by atoms with Crippen molar-refractivity contribution in [3.05, 3.63) is 0 Å². The fourth-order valence-electron chi connectivity index (χ4n) is 2.60. The van der Waals surface area contributed by atoms with Crippen molar-refractivity contribution in [3.63, 3.8) is 0 Å². The lowest BCUT2D eigenvalue weighted by atomic mass is 10.1. The molecule has 0 spiro atoms. The van der Waals surface area contributed by atoms with Crippen molar-refractivity contribution in [2.75, 3.05) is 6.61 Å². The number of rotatable bonds is 16. The van der Waals surface area contributed by atoms with Crippen LogP contribution in [0, 0.1) is 5.92 Å². The lowest BCUT2D eigenvalue weighted by Crippen LogP contribution is -2.23. The van der Waals surface area contributed by atoms with Gasteiger partial charge in [0.25, 0.3) is 0 Å². The van der Waals surface area contributed by atoms with E-state index < -0.39 is 0 Å². The van der Waals surface area contributed by atoms with Gasteiger partial charge in [0.1, 0.15) is 6.10 Å². The Bertz CT molecular complexity index is 339. The summed E-state index contributed by atoms with van der Waals surface area (Å²) in [6.45, 7) is 8.57. The minimum atomic E-state index is -0.356. The van der Waals surface area contributed by atoms with Crippen molar-refractivity contribution < 1.29 is 19.1 Å². The molecular formula is C21H40O4. The van der Waals surface area contributed by atoms with Gasteiger partial charge in [-0.05, 0) is 18.8 Å². The first-order valence-corrected chi connectivity index (χ1v) is 10.3. The van der Waals surface area contributed by atoms with Crippen molar-refractivity contribution in [3.8, 4) is 0 Å². The lowest BCUT2D eigenvalue weighted by Gasteiger charge is -2.16. The van der Waals surface area contributed by atoms with E-state index in [4.69, 9.17) is 9.47 Å². The van der Waals surface area contributed by atoms with Gasteiger partial charge in [0, 0.05) is 6.42 Å². The van der Waals surface area contributed by atoms with Gasteiger partial charge in [-0.25, -0.2) is 0 Å². The number of unbranched alkanes of at least 4 members (excludes halogenated alkanes) is 8. The number of hydrogen-bond acceptors (Lipinski definition) is 4. The Kier molecular flexibility index (Phi) is 15.7. The molecule has 0 bridgehead atoms. The molecule has 0 saturated carbocycles. The quantitative estimate of drug-likeness (QED) is 0.258. The van der Waals surface area contributed by atoms with E-state index in [0.717, 1.165) is 12.8 Å². The first kappa shape index (κ1) is 23.9. The highest BCUT2D eigenvalue weighted by atomic mass is 16.6. The summed E-state index contributed by atoms with van der Waals surface area (Å²) in [5.74, 6) is -0.152. The maximum absolute atomic E-state index is 11.9. The first-order valence-electron chi connectivity index (χ1n) is 10.3. The summed E-state index contributed by atoms with van der Waals surface area (Å²) < 4.78 is 10.6. The smallest absolute Gasteiger partial charge is 0.309 e. The molecule has 0 heterocycles. The van der Waals surface area contributed by atoms with Gasteiger partial charge in [0.2, 0.25) is 0 Å². The predicted octanol–water partition coefficient (Wildman–Crippen LogP) is 5.82. The van der Waals surface area contributed by atoms with Gasteiger partial charge in [-0.2, -0.15) is 0 Å². The third-order valence-corrected chi connectivity index (χ3v) is 4.21. The molecule has 0 unspecified atom stereocenters. The van der Waals surface area contributed by atoms with Gasteiger partial charge >= 0.3 is 11.9 Å². The van der Waals surface area contributed by atoms with Gasteiger partial charge in [-0.3, -0.25) is 9.59 Å². The van der Waals surface area contributed by atoms with Crippen LogP contribution in [0.1, 0.15) is 105 Å². The maximum Gasteiger partial charge on any atom is 0.309 e. The third kappa shape index (κ3) is 16.2. The van der Waals surface area contributed by atoms with Crippen LogP contribution < -0.4 is 0 Å². The molecular weight excluding hydrogens is 316 g/mol. The number of esters is 2. The van der Waals surface area contributed by atoms with E-state index in [1.807, 2.05) is 20.8 Å². The fraction of sp³-hybridized carbons (Fsp3) is 0.905. The summed E-state index contributed by atoms with van der Waals surface area (Å²) in [5, 5.41) is 0. The van der Waals surface area contributed by atoms with Crippen molar-refractivity contribution >= 4 is 11.9 Å². The third-order valence-electron chi connectivity index (χ3n) is 4.21. The summed E-state index contributed by atoms with van der Waals surface area (Å²) >= 11 is 0. The maximum atomic E-state index is 11.9. The average Bonchev–Trinajstić information content (AvgIpc) is 2.57. The van der Waals surface area contributed by atoms with E-state index >= 15 is 0 Å². The number of carbonyl (C=O) groups is 2. The second kappa shape index (κ2) is 16.4. The van der Waals surface area contributed by atoms with E-state index in [0.29, 0.717) is 25.4 Å². The Morgan fingerprint density at radius 3 is 1.88 bits per heavy atom. The van der Waals surface area contributed by atoms with Crippen molar-refractivity contribution in [1.82, 2.24) is 0 Å². The summed E-state index contributed by atoms with van der Waals surface area (Å²) in [5.41, 5.74) is 0. The molecule has 148 valence electrons. The van der Waals surface area contributed by atoms with Crippen molar-refractivity contribution in [2.45, 2.75) is 111 Å². The standard InChI is InChI=1S/C21H40O4/c1-5-7-8-9-10-11-12-13-14-15-20(22)25-19(6-2)16-21(23)24-17-18(3)4/h18-19H,5-17H2,1-4H3/t19-/m1/s1. The molecule has 0 amide bonds. The molecule has 4 heteroatoms. The molecule has 0 fully saturated rings. The Hall–Kier alpha value is -1.06. The Labute approximate surface area is 155 Å². The minimum Gasteiger partial charge on any atom is -0.465 e. The summed E-state index contributed by atoms with van der Waals surface area (Å²) in [6.07, 6.45) is 11.9. The summed E-state index contributed by atoms with van der Waals surface area (Å²) in [7, 11) is 0. The van der Waals surface area contributed by atoms with Crippen LogP contribution in [-0.4, -0.2) is 24.6 Å². The van der Waals surface area contributed by atoms with Crippen LogP contribution in [0.25, 0.3) is 0 Å². The monoisotopic (exact) mass is 356 g/mol. The number of hydrogen-bond donors (Lipinski definition) is 0. The molecule has 0 aromatic carbocycles. The van der Waals surface area contributed by atoms with E-state index in [2.05, 4.69) is 6.92 Å². The van der Waals surface area contributed by atoms with Crippen LogP contribution >= 0.6 is 0 Å². The summed E-state index contributed by atoms with van der Waals surface area (Å²) in [6, 6.07) is 0. The fourth-order valence-corrected chi connectivity index (χ4v) is 2.60. The normalized spacial score (nSPS) is 12.2. The highest BCUT2D eigenvalue weighted by molar-refractivity contribution is 5.72. The molecule has 0 aliphatic carbocycles. The first-order chi connectivity index (χ1) is 12.0. The molecule has 0 aromatic rings. The minimum absolute atomic E-state index is 0.159. The zero-order valence-corrected chi connectivity index (χ0v) is 17.0. The Balaban J connectivity index is 3.68. The van der Waals surface area contributed by atoms with Crippen LogP contribution in [0.15, 0.2) is 0 Å². The van der Waals surface area contributed by atoms with Crippen LogP contribution in [0.3, 0.4) is 0 Å². The molecule has 0 aliphatic heterocycles. The number of carbonyl (C=O) groups excluding carboxylic acids is 2. The predicted molar refractivity (Wildman–Crippen MR) is 102 cm³/mol. The average molecular weight is 357 g/mol. The molecule has 0 saturated heterocycles. The van der Waals surface area contributed by atoms with E-state index in [-0.39, 0.29) is 24.5 Å². The van der Waals surface area contributed by atoms with Gasteiger partial charge in [0.15, 0.2) is 0 Å². The van der Waals surface area contributed by atoms with E-state index in [1.165, 1.54) is 44.9 Å². The van der Waals surface area contributed by atoms with Crippen LogP contribution in [-0.2, 0) is 19.1 Å². The molecule has 25 heavy (non-hydrogen) atoms. The zero-order valence-electron chi connectivity index (χ0n) is 17.0. The number of ether oxygens (including phenoxy) is 2. The molecule has 4 nitrogen and oxygen atoms in total. The van der Waals surface area contributed by atoms with Gasteiger partial charge < -0.3 is 9.47 Å². The Morgan fingerprint density at radius 2 is 1.36 bits per heavy atom. The molecule has 0 rings (SSSR count). The molecule has 1 atom stereocenters. The molecule has 0 aliphatic rings. The van der Waals surface area contributed by atoms with Crippen molar-refractivity contribution in [2.24, 2.45) is 5.92 Å². The second-order valence-electron chi connectivity index (χ2n) is 7.38. The highest BCUT2D eigenvalue weighted by Gasteiger charge is 2.17. The van der Waals surface area contributed by atoms with Crippen molar-refractivity contribution in [1.29, 1.82) is 0 Å². The molecule has 0 aromatic heterocycles.